The van der Waals surface area contributed by atoms with Gasteiger partial charge < -0.3 is 4.74 Å². The fourth-order valence-electron chi connectivity index (χ4n) is 2.97. The minimum Gasteiger partial charge on any atom is -0.407 e. The van der Waals surface area contributed by atoms with Crippen LogP contribution in [0.1, 0.15) is 30.6 Å². The Hall–Kier alpha value is -2.01. The molecular formula is C21H19Cl3N2O2. The van der Waals surface area contributed by atoms with E-state index in [0.29, 0.717) is 15.9 Å². The van der Waals surface area contributed by atoms with Crippen LogP contribution in [0.25, 0.3) is 11.1 Å². The van der Waals surface area contributed by atoms with Crippen molar-refractivity contribution in [2.45, 2.75) is 26.3 Å². The van der Waals surface area contributed by atoms with Gasteiger partial charge in [-0.05, 0) is 37.1 Å². The number of alkyl halides is 1. The minimum atomic E-state index is -0.408. The molecule has 0 amide bonds. The standard InChI is InChI=1S/C21H19Cl3N2O2/c1-13-20(15-6-4-3-5-7-15)21(28-19(27)10-11-22)26(25-13)14(2)16-8-9-17(23)18(24)12-16/h3-9,12,14H,10-11H2,1-2H3. The maximum absolute atomic E-state index is 12.2. The predicted molar refractivity (Wildman–Crippen MR) is 114 cm³/mol. The number of carbonyl (C=O) groups is 1. The van der Waals surface area contributed by atoms with Crippen molar-refractivity contribution in [1.29, 1.82) is 0 Å². The van der Waals surface area contributed by atoms with E-state index in [1.54, 1.807) is 16.8 Å². The third-order valence-electron chi connectivity index (χ3n) is 4.41. The topological polar surface area (TPSA) is 44.1 Å². The van der Waals surface area contributed by atoms with Crippen molar-refractivity contribution in [1.82, 2.24) is 9.78 Å². The second-order valence-electron chi connectivity index (χ2n) is 6.34. The van der Waals surface area contributed by atoms with Crippen LogP contribution >= 0.6 is 34.8 Å². The first kappa shape index (κ1) is 20.7. The third-order valence-corrected chi connectivity index (χ3v) is 5.33. The molecule has 4 nitrogen and oxygen atoms in total. The summed E-state index contributed by atoms with van der Waals surface area (Å²) in [6.07, 6.45) is 0.112. The van der Waals surface area contributed by atoms with E-state index in [2.05, 4.69) is 5.10 Å². The van der Waals surface area contributed by atoms with Crippen LogP contribution in [-0.4, -0.2) is 21.6 Å². The molecule has 3 aromatic rings. The summed E-state index contributed by atoms with van der Waals surface area (Å²) in [5.41, 5.74) is 3.34. The summed E-state index contributed by atoms with van der Waals surface area (Å²) in [6, 6.07) is 14.9. The maximum Gasteiger partial charge on any atom is 0.313 e. The summed E-state index contributed by atoms with van der Waals surface area (Å²) < 4.78 is 7.40. The lowest BCUT2D eigenvalue weighted by Gasteiger charge is -2.17. The van der Waals surface area contributed by atoms with E-state index in [1.807, 2.05) is 50.2 Å². The van der Waals surface area contributed by atoms with Gasteiger partial charge in [0, 0.05) is 5.88 Å². The highest BCUT2D eigenvalue weighted by molar-refractivity contribution is 6.42. The largest absolute Gasteiger partial charge is 0.407 e. The number of halogens is 3. The quantitative estimate of drug-likeness (QED) is 0.335. The van der Waals surface area contributed by atoms with Crippen LogP contribution in [0.4, 0.5) is 0 Å². The average molecular weight is 438 g/mol. The van der Waals surface area contributed by atoms with Crippen LogP contribution in [0.15, 0.2) is 48.5 Å². The van der Waals surface area contributed by atoms with E-state index in [-0.39, 0.29) is 18.3 Å². The van der Waals surface area contributed by atoms with Crippen molar-refractivity contribution >= 4 is 40.8 Å². The molecule has 0 saturated carbocycles. The molecule has 1 unspecified atom stereocenters. The number of benzene rings is 2. The number of carbonyl (C=O) groups excluding carboxylic acids is 1. The van der Waals surface area contributed by atoms with E-state index >= 15 is 0 Å². The molecular weight excluding hydrogens is 419 g/mol. The number of nitrogens with zero attached hydrogens (tertiary/aromatic N) is 2. The van der Waals surface area contributed by atoms with E-state index in [9.17, 15) is 4.79 Å². The number of hydrogen-bond acceptors (Lipinski definition) is 3. The molecule has 0 N–H and O–H groups in total. The molecule has 0 spiro atoms. The van der Waals surface area contributed by atoms with Gasteiger partial charge in [0.2, 0.25) is 5.88 Å². The van der Waals surface area contributed by atoms with Crippen LogP contribution in [0.5, 0.6) is 5.88 Å². The van der Waals surface area contributed by atoms with Crippen LogP contribution in [0.2, 0.25) is 10.0 Å². The predicted octanol–water partition coefficient (Wildman–Crippen LogP) is 6.31. The van der Waals surface area contributed by atoms with Crippen molar-refractivity contribution < 1.29 is 9.53 Å². The van der Waals surface area contributed by atoms with Crippen LogP contribution in [0, 0.1) is 6.92 Å². The number of ether oxygens (including phenoxy) is 1. The monoisotopic (exact) mass is 436 g/mol. The zero-order chi connectivity index (χ0) is 20.3. The zero-order valence-corrected chi connectivity index (χ0v) is 17.7. The fourth-order valence-corrected chi connectivity index (χ4v) is 3.43. The second-order valence-corrected chi connectivity index (χ2v) is 7.53. The Morgan fingerprint density at radius 1 is 1.14 bits per heavy atom. The molecule has 1 atom stereocenters. The first-order chi connectivity index (χ1) is 13.4. The Kier molecular flexibility index (Phi) is 6.65. The van der Waals surface area contributed by atoms with E-state index in [1.165, 1.54) is 0 Å². The normalized spacial score (nSPS) is 12.0. The van der Waals surface area contributed by atoms with Gasteiger partial charge >= 0.3 is 5.97 Å². The molecule has 0 saturated heterocycles. The Labute approximate surface area is 179 Å². The van der Waals surface area contributed by atoms with E-state index < -0.39 is 5.97 Å². The number of esters is 1. The molecule has 1 heterocycles. The zero-order valence-electron chi connectivity index (χ0n) is 15.5. The molecule has 28 heavy (non-hydrogen) atoms. The first-order valence-corrected chi connectivity index (χ1v) is 10.1. The minimum absolute atomic E-state index is 0.112. The molecule has 0 radical (unpaired) electrons. The summed E-state index contributed by atoms with van der Waals surface area (Å²) >= 11 is 17.9. The van der Waals surface area contributed by atoms with Gasteiger partial charge in [-0.15, -0.1) is 11.6 Å². The molecule has 7 heteroatoms. The lowest BCUT2D eigenvalue weighted by molar-refractivity contribution is -0.134. The molecule has 3 rings (SSSR count). The van der Waals surface area contributed by atoms with Crippen molar-refractivity contribution in [3.63, 3.8) is 0 Å². The average Bonchev–Trinajstić information content (AvgIpc) is 3.00. The Morgan fingerprint density at radius 3 is 2.50 bits per heavy atom. The molecule has 0 aliphatic heterocycles. The van der Waals surface area contributed by atoms with Crippen molar-refractivity contribution in [2.24, 2.45) is 0 Å². The summed E-state index contributed by atoms with van der Waals surface area (Å²) in [7, 11) is 0. The number of aryl methyl sites for hydroxylation is 1. The van der Waals surface area contributed by atoms with Gasteiger partial charge in [0.25, 0.3) is 0 Å². The van der Waals surface area contributed by atoms with E-state index in [4.69, 9.17) is 39.5 Å². The summed E-state index contributed by atoms with van der Waals surface area (Å²) in [5, 5.41) is 5.60. The Bertz CT molecular complexity index is 987. The molecule has 0 bridgehead atoms. The van der Waals surface area contributed by atoms with Gasteiger partial charge in [0.15, 0.2) is 0 Å². The molecule has 2 aromatic carbocycles. The highest BCUT2D eigenvalue weighted by Gasteiger charge is 2.24. The Morgan fingerprint density at radius 2 is 1.86 bits per heavy atom. The van der Waals surface area contributed by atoms with Gasteiger partial charge in [-0.2, -0.15) is 5.10 Å². The van der Waals surface area contributed by atoms with Gasteiger partial charge in [0.1, 0.15) is 0 Å². The summed E-state index contributed by atoms with van der Waals surface area (Å²) in [5.74, 6) is 0.168. The van der Waals surface area contributed by atoms with E-state index in [0.717, 1.165) is 22.4 Å². The number of rotatable bonds is 6. The molecule has 0 aliphatic rings. The fraction of sp³-hybridized carbons (Fsp3) is 0.238. The van der Waals surface area contributed by atoms with Crippen molar-refractivity contribution in [3.05, 3.63) is 69.8 Å². The maximum atomic E-state index is 12.2. The SMILES string of the molecule is Cc1nn(C(C)c2ccc(Cl)c(Cl)c2)c(OC(=O)CCCl)c1-c1ccccc1. The van der Waals surface area contributed by atoms with Crippen molar-refractivity contribution in [2.75, 3.05) is 5.88 Å². The highest BCUT2D eigenvalue weighted by atomic mass is 35.5. The summed E-state index contributed by atoms with van der Waals surface area (Å²) in [6.45, 7) is 3.85. The van der Waals surface area contributed by atoms with Gasteiger partial charge in [-0.1, -0.05) is 59.6 Å². The smallest absolute Gasteiger partial charge is 0.313 e. The lowest BCUT2D eigenvalue weighted by Crippen LogP contribution is -2.16. The highest BCUT2D eigenvalue weighted by Crippen LogP contribution is 2.37. The van der Waals surface area contributed by atoms with Crippen molar-refractivity contribution in [3.8, 4) is 17.0 Å². The third kappa shape index (κ3) is 4.35. The van der Waals surface area contributed by atoms with Gasteiger partial charge in [-0.3, -0.25) is 4.79 Å². The van der Waals surface area contributed by atoms with Gasteiger partial charge in [0.05, 0.1) is 33.8 Å². The Balaban J connectivity index is 2.11. The van der Waals surface area contributed by atoms with Crippen LogP contribution in [0.3, 0.4) is 0 Å². The summed E-state index contributed by atoms with van der Waals surface area (Å²) in [4.78, 5) is 12.2. The first-order valence-electron chi connectivity index (χ1n) is 8.78. The number of hydrogen-bond donors (Lipinski definition) is 0. The lowest BCUT2D eigenvalue weighted by atomic mass is 10.1. The second kappa shape index (κ2) is 8.99. The van der Waals surface area contributed by atoms with Gasteiger partial charge in [-0.25, -0.2) is 4.68 Å². The molecule has 1 aromatic heterocycles. The molecule has 146 valence electrons. The molecule has 0 aliphatic carbocycles. The van der Waals surface area contributed by atoms with Crippen LogP contribution < -0.4 is 4.74 Å². The molecule has 0 fully saturated rings. The number of aromatic nitrogens is 2. The van der Waals surface area contributed by atoms with Crippen LogP contribution in [-0.2, 0) is 4.79 Å².